The van der Waals surface area contributed by atoms with E-state index in [-0.39, 0.29) is 0 Å². The van der Waals surface area contributed by atoms with Gasteiger partial charge in [0.15, 0.2) is 0 Å². The molecule has 0 unspecified atom stereocenters. The lowest BCUT2D eigenvalue weighted by atomic mass is 10.0. The fraction of sp³-hybridized carbons (Fsp3) is 0.444. The molecule has 21 heavy (non-hydrogen) atoms. The van der Waals surface area contributed by atoms with Crippen molar-refractivity contribution in [2.24, 2.45) is 0 Å². The molecule has 2 fully saturated rings. The van der Waals surface area contributed by atoms with Gasteiger partial charge in [-0.25, -0.2) is 0 Å². The summed E-state index contributed by atoms with van der Waals surface area (Å²) < 4.78 is 11.5. The smallest absolute Gasteiger partial charge is 0.120 e. The molecule has 0 radical (unpaired) electrons. The summed E-state index contributed by atoms with van der Waals surface area (Å²) in [4.78, 5) is 0. The maximum atomic E-state index is 6.24. The maximum Gasteiger partial charge on any atom is 0.120 e. The third-order valence-electron chi connectivity index (χ3n) is 4.75. The number of rotatable bonds is 3. The van der Waals surface area contributed by atoms with E-state index in [0.29, 0.717) is 18.2 Å². The molecule has 3 atom stereocenters. The van der Waals surface area contributed by atoms with E-state index in [1.54, 1.807) is 7.11 Å². The summed E-state index contributed by atoms with van der Waals surface area (Å²) in [5, 5.41) is 6.04. The molecule has 0 amide bonds. The highest BCUT2D eigenvalue weighted by molar-refractivity contribution is 5.85. The summed E-state index contributed by atoms with van der Waals surface area (Å²) >= 11 is 0. The molecule has 2 bridgehead atoms. The molecule has 2 aliphatic rings. The van der Waals surface area contributed by atoms with Gasteiger partial charge in [-0.3, -0.25) is 0 Å². The standard InChI is InChI=1S/C18H21NO2/c1-20-16-6-2-12-3-7-17(9-13(12)8-16)21-18-10-14-4-5-15(11-18)19-14/h2-3,6-9,14-15,18-19H,4-5,10-11H2,1H3/t14-,15+,18-. The van der Waals surface area contributed by atoms with Gasteiger partial charge in [-0.15, -0.1) is 0 Å². The monoisotopic (exact) mass is 283 g/mol. The van der Waals surface area contributed by atoms with Crippen LogP contribution in [0, 0.1) is 0 Å². The molecule has 0 aromatic heterocycles. The van der Waals surface area contributed by atoms with Gasteiger partial charge in [-0.2, -0.15) is 0 Å². The Kier molecular flexibility index (Phi) is 3.23. The van der Waals surface area contributed by atoms with E-state index >= 15 is 0 Å². The predicted molar refractivity (Wildman–Crippen MR) is 84.1 cm³/mol. The number of piperidine rings is 1. The summed E-state index contributed by atoms with van der Waals surface area (Å²) in [7, 11) is 1.70. The van der Waals surface area contributed by atoms with Crippen LogP contribution in [-0.4, -0.2) is 25.3 Å². The first-order chi connectivity index (χ1) is 10.3. The van der Waals surface area contributed by atoms with Crippen molar-refractivity contribution < 1.29 is 9.47 Å². The number of hydrogen-bond acceptors (Lipinski definition) is 3. The van der Waals surface area contributed by atoms with Crippen molar-refractivity contribution in [3.8, 4) is 11.5 Å². The SMILES string of the molecule is COc1ccc2ccc(O[C@@H]3C[C@H]4CC[C@@H](C3)N4)cc2c1. The largest absolute Gasteiger partial charge is 0.497 e. The van der Waals surface area contributed by atoms with E-state index in [0.717, 1.165) is 24.3 Å². The molecule has 2 saturated heterocycles. The van der Waals surface area contributed by atoms with Gasteiger partial charge >= 0.3 is 0 Å². The third-order valence-corrected chi connectivity index (χ3v) is 4.75. The van der Waals surface area contributed by atoms with Crippen molar-refractivity contribution in [1.29, 1.82) is 0 Å². The molecule has 110 valence electrons. The van der Waals surface area contributed by atoms with Gasteiger partial charge in [0.25, 0.3) is 0 Å². The molecule has 2 aliphatic heterocycles. The molecule has 3 nitrogen and oxygen atoms in total. The van der Waals surface area contributed by atoms with Crippen molar-refractivity contribution >= 4 is 10.8 Å². The van der Waals surface area contributed by atoms with Crippen LogP contribution in [0.25, 0.3) is 10.8 Å². The average Bonchev–Trinajstić information content (AvgIpc) is 2.85. The molecule has 0 aliphatic carbocycles. The minimum absolute atomic E-state index is 0.354. The maximum absolute atomic E-state index is 6.24. The topological polar surface area (TPSA) is 30.5 Å². The summed E-state index contributed by atoms with van der Waals surface area (Å²) in [5.41, 5.74) is 0. The minimum atomic E-state index is 0.354. The first-order valence-corrected chi connectivity index (χ1v) is 7.81. The van der Waals surface area contributed by atoms with Crippen LogP contribution < -0.4 is 14.8 Å². The van der Waals surface area contributed by atoms with E-state index in [1.807, 2.05) is 6.07 Å². The molecule has 2 heterocycles. The number of fused-ring (bicyclic) bond motifs is 3. The van der Waals surface area contributed by atoms with Crippen LogP contribution in [0.15, 0.2) is 36.4 Å². The van der Waals surface area contributed by atoms with Crippen LogP contribution in [0.2, 0.25) is 0 Å². The molecular weight excluding hydrogens is 262 g/mol. The van der Waals surface area contributed by atoms with Crippen molar-refractivity contribution in [1.82, 2.24) is 5.32 Å². The van der Waals surface area contributed by atoms with Crippen LogP contribution in [0.1, 0.15) is 25.7 Å². The summed E-state index contributed by atoms with van der Waals surface area (Å²) in [6.45, 7) is 0. The Morgan fingerprint density at radius 1 is 0.905 bits per heavy atom. The van der Waals surface area contributed by atoms with Gasteiger partial charge in [0, 0.05) is 12.1 Å². The Bertz CT molecular complexity index is 643. The van der Waals surface area contributed by atoms with E-state index in [4.69, 9.17) is 9.47 Å². The Balaban J connectivity index is 1.55. The van der Waals surface area contributed by atoms with Crippen molar-refractivity contribution in [3.63, 3.8) is 0 Å². The molecule has 0 spiro atoms. The van der Waals surface area contributed by atoms with Crippen LogP contribution in [0.5, 0.6) is 11.5 Å². The molecule has 3 heteroatoms. The molecule has 4 rings (SSSR count). The molecule has 2 aromatic carbocycles. The van der Waals surface area contributed by atoms with Crippen LogP contribution in [0.4, 0.5) is 0 Å². The number of benzene rings is 2. The summed E-state index contributed by atoms with van der Waals surface area (Å²) in [6.07, 6.45) is 5.23. The van der Waals surface area contributed by atoms with Crippen LogP contribution in [0.3, 0.4) is 0 Å². The van der Waals surface area contributed by atoms with E-state index in [1.165, 1.54) is 23.6 Å². The third kappa shape index (κ3) is 2.58. The van der Waals surface area contributed by atoms with E-state index < -0.39 is 0 Å². The second-order valence-corrected chi connectivity index (χ2v) is 6.22. The Morgan fingerprint density at radius 3 is 2.29 bits per heavy atom. The second-order valence-electron chi connectivity index (χ2n) is 6.22. The van der Waals surface area contributed by atoms with Gasteiger partial charge < -0.3 is 14.8 Å². The highest BCUT2D eigenvalue weighted by atomic mass is 16.5. The first-order valence-electron chi connectivity index (χ1n) is 7.81. The van der Waals surface area contributed by atoms with Crippen LogP contribution in [-0.2, 0) is 0 Å². The first kappa shape index (κ1) is 13.0. The summed E-state index contributed by atoms with van der Waals surface area (Å²) in [5.74, 6) is 1.86. The van der Waals surface area contributed by atoms with Gasteiger partial charge in [-0.1, -0.05) is 12.1 Å². The lowest BCUT2D eigenvalue weighted by Crippen LogP contribution is -2.42. The Morgan fingerprint density at radius 2 is 1.57 bits per heavy atom. The fourth-order valence-corrected chi connectivity index (χ4v) is 3.70. The number of methoxy groups -OCH3 is 1. The number of hydrogen-bond donors (Lipinski definition) is 1. The summed E-state index contributed by atoms with van der Waals surface area (Å²) in [6, 6.07) is 13.8. The molecule has 2 aromatic rings. The van der Waals surface area contributed by atoms with E-state index in [9.17, 15) is 0 Å². The van der Waals surface area contributed by atoms with Gasteiger partial charge in [0.05, 0.1) is 7.11 Å². The zero-order valence-electron chi connectivity index (χ0n) is 12.3. The van der Waals surface area contributed by atoms with Crippen molar-refractivity contribution in [3.05, 3.63) is 36.4 Å². The Labute approximate surface area is 125 Å². The second kappa shape index (κ2) is 5.23. The molecule has 1 N–H and O–H groups in total. The quantitative estimate of drug-likeness (QED) is 0.935. The van der Waals surface area contributed by atoms with Gasteiger partial charge in [0.2, 0.25) is 0 Å². The highest BCUT2D eigenvalue weighted by Gasteiger charge is 2.34. The van der Waals surface area contributed by atoms with Gasteiger partial charge in [-0.05, 0) is 60.7 Å². The predicted octanol–water partition coefficient (Wildman–Crippen LogP) is 3.51. The average molecular weight is 283 g/mol. The number of ether oxygens (including phenoxy) is 2. The normalized spacial score (nSPS) is 27.8. The van der Waals surface area contributed by atoms with Crippen molar-refractivity contribution in [2.45, 2.75) is 43.9 Å². The zero-order valence-corrected chi connectivity index (χ0v) is 12.3. The minimum Gasteiger partial charge on any atom is -0.497 e. The zero-order chi connectivity index (χ0) is 14.2. The van der Waals surface area contributed by atoms with Crippen molar-refractivity contribution in [2.75, 3.05) is 7.11 Å². The molecular formula is C18H21NO2. The number of nitrogens with one attached hydrogen (secondary N) is 1. The van der Waals surface area contributed by atoms with E-state index in [2.05, 4.69) is 35.6 Å². The Hall–Kier alpha value is -1.74. The lowest BCUT2D eigenvalue weighted by Gasteiger charge is -2.29. The van der Waals surface area contributed by atoms with Crippen LogP contribution >= 0.6 is 0 Å². The fourth-order valence-electron chi connectivity index (χ4n) is 3.70. The lowest BCUT2D eigenvalue weighted by molar-refractivity contribution is 0.137. The van der Waals surface area contributed by atoms with Gasteiger partial charge in [0.1, 0.15) is 17.6 Å². The highest BCUT2D eigenvalue weighted by Crippen LogP contribution is 2.31. The molecule has 0 saturated carbocycles.